The summed E-state index contributed by atoms with van der Waals surface area (Å²) in [6.07, 6.45) is 0. The Labute approximate surface area is 183 Å². The first-order chi connectivity index (χ1) is 14.2. The molecule has 0 heterocycles. The van der Waals surface area contributed by atoms with Gasteiger partial charge in [0.25, 0.3) is 10.0 Å². The molecule has 3 rings (SSSR count). The summed E-state index contributed by atoms with van der Waals surface area (Å²) in [5.41, 5.74) is 6.19. The van der Waals surface area contributed by atoms with Crippen LogP contribution >= 0.6 is 12.2 Å². The smallest absolute Gasteiger partial charge is 0.261 e. The van der Waals surface area contributed by atoms with Gasteiger partial charge in [0.1, 0.15) is 0 Å². The van der Waals surface area contributed by atoms with E-state index < -0.39 is 10.0 Å². The Bertz CT molecular complexity index is 1160. The first-order valence-corrected chi connectivity index (χ1v) is 11.4. The van der Waals surface area contributed by atoms with Crippen molar-refractivity contribution in [1.29, 1.82) is 0 Å². The van der Waals surface area contributed by atoms with Gasteiger partial charge in [0.05, 0.1) is 10.6 Å². The van der Waals surface area contributed by atoms with Crippen LogP contribution in [0.25, 0.3) is 0 Å². The van der Waals surface area contributed by atoms with Crippen molar-refractivity contribution in [2.45, 2.75) is 32.6 Å². The molecule has 0 saturated carbocycles. The van der Waals surface area contributed by atoms with Crippen molar-refractivity contribution in [3.63, 3.8) is 0 Å². The molecule has 3 N–H and O–H groups in total. The molecule has 156 valence electrons. The van der Waals surface area contributed by atoms with Crippen LogP contribution in [0.1, 0.15) is 22.3 Å². The zero-order chi connectivity index (χ0) is 21.9. The molecule has 0 aliphatic rings. The van der Waals surface area contributed by atoms with Gasteiger partial charge in [0.15, 0.2) is 5.11 Å². The van der Waals surface area contributed by atoms with Crippen LogP contribution in [0, 0.1) is 27.7 Å². The average molecular weight is 440 g/mol. The number of para-hydroxylation sites is 1. The van der Waals surface area contributed by atoms with Crippen LogP contribution in [0.5, 0.6) is 0 Å². The fourth-order valence-corrected chi connectivity index (χ4v) is 4.68. The highest BCUT2D eigenvalue weighted by atomic mass is 32.2. The lowest BCUT2D eigenvalue weighted by Gasteiger charge is -2.15. The minimum Gasteiger partial charge on any atom is -0.332 e. The minimum absolute atomic E-state index is 0.185. The van der Waals surface area contributed by atoms with Crippen LogP contribution in [0.15, 0.2) is 65.6 Å². The van der Waals surface area contributed by atoms with Crippen molar-refractivity contribution in [1.82, 2.24) is 0 Å². The molecule has 30 heavy (non-hydrogen) atoms. The largest absolute Gasteiger partial charge is 0.332 e. The summed E-state index contributed by atoms with van der Waals surface area (Å²) in [5.74, 6) is 0. The lowest BCUT2D eigenvalue weighted by atomic mass is 10.1. The summed E-state index contributed by atoms with van der Waals surface area (Å²) in [7, 11) is -3.70. The van der Waals surface area contributed by atoms with Gasteiger partial charge in [0, 0.05) is 11.4 Å². The number of nitrogens with one attached hydrogen (secondary N) is 3. The Morgan fingerprint density at radius 1 is 0.800 bits per heavy atom. The van der Waals surface area contributed by atoms with Crippen LogP contribution in [0.2, 0.25) is 0 Å². The van der Waals surface area contributed by atoms with Crippen LogP contribution < -0.4 is 15.4 Å². The number of rotatable bonds is 5. The van der Waals surface area contributed by atoms with E-state index in [1.807, 2.05) is 64.1 Å². The van der Waals surface area contributed by atoms with Gasteiger partial charge in [0.2, 0.25) is 0 Å². The van der Waals surface area contributed by atoms with Crippen LogP contribution in [-0.4, -0.2) is 13.5 Å². The number of hydrogen-bond acceptors (Lipinski definition) is 3. The van der Waals surface area contributed by atoms with E-state index in [0.717, 1.165) is 27.9 Å². The minimum atomic E-state index is -3.70. The van der Waals surface area contributed by atoms with Crippen molar-refractivity contribution in [2.24, 2.45) is 0 Å². The third kappa shape index (κ3) is 5.17. The molecular formula is C23H25N3O2S2. The van der Waals surface area contributed by atoms with E-state index in [4.69, 9.17) is 12.2 Å². The third-order valence-corrected chi connectivity index (χ3v) is 6.30. The zero-order valence-corrected chi connectivity index (χ0v) is 19.0. The monoisotopic (exact) mass is 439 g/mol. The maximum atomic E-state index is 12.8. The van der Waals surface area contributed by atoms with Gasteiger partial charge in [-0.1, -0.05) is 35.9 Å². The molecule has 0 bridgehead atoms. The second-order valence-corrected chi connectivity index (χ2v) is 9.39. The predicted octanol–water partition coefficient (Wildman–Crippen LogP) is 5.53. The molecule has 0 spiro atoms. The van der Waals surface area contributed by atoms with E-state index in [1.165, 1.54) is 0 Å². The highest BCUT2D eigenvalue weighted by Gasteiger charge is 2.17. The Balaban J connectivity index is 1.72. The fourth-order valence-electron chi connectivity index (χ4n) is 3.25. The van der Waals surface area contributed by atoms with Crippen LogP contribution in [0.3, 0.4) is 0 Å². The lowest BCUT2D eigenvalue weighted by Crippen LogP contribution is -2.19. The molecule has 0 aromatic heterocycles. The summed E-state index contributed by atoms with van der Waals surface area (Å²) >= 11 is 5.36. The number of sulfonamides is 1. The molecule has 0 radical (unpaired) electrons. The van der Waals surface area contributed by atoms with Gasteiger partial charge in [-0.2, -0.15) is 0 Å². The highest BCUT2D eigenvalue weighted by molar-refractivity contribution is 7.92. The average Bonchev–Trinajstić information content (AvgIpc) is 2.67. The lowest BCUT2D eigenvalue weighted by molar-refractivity contribution is 0.601. The molecule has 0 aliphatic heterocycles. The predicted molar refractivity (Wildman–Crippen MR) is 129 cm³/mol. The Kier molecular flexibility index (Phi) is 6.43. The number of benzene rings is 3. The topological polar surface area (TPSA) is 70.2 Å². The van der Waals surface area contributed by atoms with E-state index >= 15 is 0 Å². The van der Waals surface area contributed by atoms with Crippen molar-refractivity contribution in [2.75, 3.05) is 15.4 Å². The molecule has 0 aliphatic carbocycles. The van der Waals surface area contributed by atoms with Crippen molar-refractivity contribution >= 4 is 44.4 Å². The van der Waals surface area contributed by atoms with E-state index in [-0.39, 0.29) is 4.90 Å². The maximum Gasteiger partial charge on any atom is 0.261 e. The molecular weight excluding hydrogens is 414 g/mol. The SMILES string of the molecule is Cc1cc(C)c(NS(=O)(=O)c2ccc(NC(=S)Nc3ccccc3C)cc2)c(C)c1. The molecule has 0 saturated heterocycles. The van der Waals surface area contributed by atoms with Crippen molar-refractivity contribution < 1.29 is 8.42 Å². The Morgan fingerprint density at radius 2 is 1.40 bits per heavy atom. The normalized spacial score (nSPS) is 11.1. The second-order valence-electron chi connectivity index (χ2n) is 7.30. The van der Waals surface area contributed by atoms with Gasteiger partial charge < -0.3 is 10.6 Å². The number of anilines is 3. The second kappa shape index (κ2) is 8.85. The quantitative estimate of drug-likeness (QED) is 0.456. The van der Waals surface area contributed by atoms with E-state index in [1.54, 1.807) is 24.3 Å². The highest BCUT2D eigenvalue weighted by Crippen LogP contribution is 2.25. The van der Waals surface area contributed by atoms with E-state index in [9.17, 15) is 8.42 Å². The number of aryl methyl sites for hydroxylation is 4. The molecule has 0 atom stereocenters. The fraction of sp³-hybridized carbons (Fsp3) is 0.174. The summed E-state index contributed by atoms with van der Waals surface area (Å²) in [4.78, 5) is 0.185. The van der Waals surface area contributed by atoms with Crippen LogP contribution in [-0.2, 0) is 10.0 Å². The molecule has 0 unspecified atom stereocenters. The van der Waals surface area contributed by atoms with Gasteiger partial charge in [-0.25, -0.2) is 8.42 Å². The number of thiocarbonyl (C=S) groups is 1. The van der Waals surface area contributed by atoms with Crippen molar-refractivity contribution in [3.8, 4) is 0 Å². The molecule has 7 heteroatoms. The van der Waals surface area contributed by atoms with Gasteiger partial charge >= 0.3 is 0 Å². The van der Waals surface area contributed by atoms with Gasteiger partial charge in [-0.15, -0.1) is 0 Å². The Morgan fingerprint density at radius 3 is 2.00 bits per heavy atom. The summed E-state index contributed by atoms with van der Waals surface area (Å²) in [6, 6.07) is 18.2. The van der Waals surface area contributed by atoms with E-state index in [2.05, 4.69) is 15.4 Å². The first kappa shape index (κ1) is 21.8. The van der Waals surface area contributed by atoms with Crippen LogP contribution in [0.4, 0.5) is 17.1 Å². The van der Waals surface area contributed by atoms with E-state index in [0.29, 0.717) is 16.5 Å². The van der Waals surface area contributed by atoms with Gasteiger partial charge in [-0.05, 0) is 86.9 Å². The molecule has 3 aromatic carbocycles. The standard InChI is InChI=1S/C23H25N3O2S2/c1-15-13-17(3)22(18(4)14-15)26-30(27,28)20-11-9-19(10-12-20)24-23(29)25-21-8-6-5-7-16(21)2/h5-14,26H,1-4H3,(H2,24,25,29). The third-order valence-electron chi connectivity index (χ3n) is 4.73. The molecule has 5 nitrogen and oxygen atoms in total. The molecule has 0 fully saturated rings. The molecule has 3 aromatic rings. The van der Waals surface area contributed by atoms with Crippen molar-refractivity contribution in [3.05, 3.63) is 82.9 Å². The summed E-state index contributed by atoms with van der Waals surface area (Å²) in [6.45, 7) is 7.78. The van der Waals surface area contributed by atoms with Gasteiger partial charge in [-0.3, -0.25) is 4.72 Å². The summed E-state index contributed by atoms with van der Waals surface area (Å²) < 4.78 is 28.4. The Hall–Kier alpha value is -2.90. The zero-order valence-electron chi connectivity index (χ0n) is 17.4. The maximum absolute atomic E-state index is 12.8. The summed E-state index contributed by atoms with van der Waals surface area (Å²) in [5, 5.41) is 6.65. The first-order valence-electron chi connectivity index (χ1n) is 9.50. The number of hydrogen-bond donors (Lipinski definition) is 3. The molecule has 0 amide bonds.